The van der Waals surface area contributed by atoms with Crippen molar-refractivity contribution in [3.05, 3.63) is 30.5 Å². The minimum atomic E-state index is -0.410. The van der Waals surface area contributed by atoms with Crippen molar-refractivity contribution in [2.75, 3.05) is 11.4 Å². The molecule has 92 valence electrons. The summed E-state index contributed by atoms with van der Waals surface area (Å²) >= 11 is 0. The lowest BCUT2D eigenvalue weighted by molar-refractivity contribution is -0.123. The van der Waals surface area contributed by atoms with Crippen molar-refractivity contribution in [3.63, 3.8) is 0 Å². The molecule has 5 nitrogen and oxygen atoms in total. The molecule has 0 spiro atoms. The summed E-state index contributed by atoms with van der Waals surface area (Å²) in [6.45, 7) is 0.375. The first-order chi connectivity index (χ1) is 8.65. The van der Waals surface area contributed by atoms with Crippen LogP contribution in [0.15, 0.2) is 30.5 Å². The number of aromatic amines is 1. The summed E-state index contributed by atoms with van der Waals surface area (Å²) in [7, 11) is 0. The first-order valence-corrected chi connectivity index (χ1v) is 5.82. The number of carbonyl (C=O) groups is 2. The Labute approximate surface area is 104 Å². The van der Waals surface area contributed by atoms with Crippen molar-refractivity contribution in [1.29, 1.82) is 0 Å². The van der Waals surface area contributed by atoms with Gasteiger partial charge in [0.2, 0.25) is 11.8 Å². The predicted octanol–water partition coefficient (Wildman–Crippen LogP) is 1.01. The number of nitrogens with two attached hydrogens (primary N) is 1. The molecule has 0 saturated carbocycles. The molecule has 2 aromatic rings. The van der Waals surface area contributed by atoms with Crippen molar-refractivity contribution in [3.8, 4) is 0 Å². The van der Waals surface area contributed by atoms with E-state index < -0.39 is 5.91 Å². The van der Waals surface area contributed by atoms with Crippen LogP contribution >= 0.6 is 0 Å². The summed E-state index contributed by atoms with van der Waals surface area (Å²) in [5, 5.41) is 1.09. The van der Waals surface area contributed by atoms with Gasteiger partial charge in [0.25, 0.3) is 0 Å². The summed E-state index contributed by atoms with van der Waals surface area (Å²) in [5.74, 6) is -0.839. The monoisotopic (exact) mass is 243 g/mol. The molecule has 1 fully saturated rings. The lowest BCUT2D eigenvalue weighted by atomic mass is 10.1. The molecule has 18 heavy (non-hydrogen) atoms. The Kier molecular flexibility index (Phi) is 2.33. The van der Waals surface area contributed by atoms with Gasteiger partial charge in [-0.15, -0.1) is 0 Å². The van der Waals surface area contributed by atoms with E-state index in [2.05, 4.69) is 4.98 Å². The Morgan fingerprint density at radius 3 is 2.94 bits per heavy atom. The van der Waals surface area contributed by atoms with E-state index in [4.69, 9.17) is 5.73 Å². The molecule has 2 heterocycles. The van der Waals surface area contributed by atoms with E-state index >= 15 is 0 Å². The molecule has 1 aliphatic heterocycles. The number of carbonyl (C=O) groups excluding carboxylic acids is 2. The highest BCUT2D eigenvalue weighted by Gasteiger charge is 2.33. The number of hydrogen-bond donors (Lipinski definition) is 2. The summed E-state index contributed by atoms with van der Waals surface area (Å²) in [6.07, 6.45) is 2.06. The Morgan fingerprint density at radius 2 is 2.22 bits per heavy atom. The number of benzene rings is 1. The van der Waals surface area contributed by atoms with Crippen molar-refractivity contribution in [2.45, 2.75) is 6.42 Å². The smallest absolute Gasteiger partial charge is 0.227 e. The van der Waals surface area contributed by atoms with Gasteiger partial charge in [-0.2, -0.15) is 0 Å². The maximum Gasteiger partial charge on any atom is 0.227 e. The number of amides is 2. The molecule has 3 rings (SSSR count). The molecular weight excluding hydrogens is 230 g/mol. The fourth-order valence-corrected chi connectivity index (χ4v) is 2.35. The second-order valence-corrected chi connectivity index (χ2v) is 4.56. The van der Waals surface area contributed by atoms with Crippen LogP contribution in [0.1, 0.15) is 6.42 Å². The Balaban J connectivity index is 1.94. The molecule has 1 aliphatic rings. The molecule has 5 heteroatoms. The van der Waals surface area contributed by atoms with Crippen LogP contribution in [0.2, 0.25) is 0 Å². The average molecular weight is 243 g/mol. The summed E-state index contributed by atoms with van der Waals surface area (Å²) in [5.41, 5.74) is 7.03. The van der Waals surface area contributed by atoms with Crippen LogP contribution in [-0.2, 0) is 9.59 Å². The zero-order chi connectivity index (χ0) is 12.7. The molecular formula is C13H13N3O2. The van der Waals surface area contributed by atoms with Gasteiger partial charge in [0.05, 0.1) is 5.92 Å². The number of nitrogens with one attached hydrogen (secondary N) is 1. The van der Waals surface area contributed by atoms with Crippen LogP contribution in [0, 0.1) is 5.92 Å². The lowest BCUT2D eigenvalue weighted by Crippen LogP contribution is -2.28. The van der Waals surface area contributed by atoms with Crippen molar-refractivity contribution in [2.24, 2.45) is 11.7 Å². The number of fused-ring (bicyclic) bond motifs is 1. The molecule has 1 saturated heterocycles. The highest BCUT2D eigenvalue weighted by Crippen LogP contribution is 2.27. The van der Waals surface area contributed by atoms with E-state index in [1.54, 1.807) is 4.90 Å². The average Bonchev–Trinajstić information content (AvgIpc) is 2.93. The Hall–Kier alpha value is -2.30. The van der Waals surface area contributed by atoms with Crippen LogP contribution in [0.3, 0.4) is 0 Å². The highest BCUT2D eigenvalue weighted by atomic mass is 16.2. The number of nitrogens with zero attached hydrogens (tertiary/aromatic N) is 1. The largest absolute Gasteiger partial charge is 0.369 e. The van der Waals surface area contributed by atoms with Gasteiger partial charge < -0.3 is 15.6 Å². The van der Waals surface area contributed by atoms with Crippen molar-refractivity contribution in [1.82, 2.24) is 4.98 Å². The van der Waals surface area contributed by atoms with Gasteiger partial charge in [-0.05, 0) is 23.6 Å². The van der Waals surface area contributed by atoms with Crippen LogP contribution in [-0.4, -0.2) is 23.3 Å². The number of primary amides is 1. The third-order valence-corrected chi connectivity index (χ3v) is 3.38. The van der Waals surface area contributed by atoms with Crippen molar-refractivity contribution < 1.29 is 9.59 Å². The van der Waals surface area contributed by atoms with Gasteiger partial charge in [0.15, 0.2) is 0 Å². The fourth-order valence-electron chi connectivity index (χ4n) is 2.35. The lowest BCUT2D eigenvalue weighted by Gasteiger charge is -2.16. The van der Waals surface area contributed by atoms with Gasteiger partial charge >= 0.3 is 0 Å². The van der Waals surface area contributed by atoms with Gasteiger partial charge in [-0.25, -0.2) is 0 Å². The standard InChI is InChI=1S/C13H13N3O2/c14-13(18)9-5-12(17)16(7-9)10-2-1-8-3-4-15-11(8)6-10/h1-4,6,9,15H,5,7H2,(H2,14,18). The van der Waals surface area contributed by atoms with Crippen LogP contribution < -0.4 is 10.6 Å². The topological polar surface area (TPSA) is 79.2 Å². The molecule has 0 aliphatic carbocycles. The first-order valence-electron chi connectivity index (χ1n) is 5.82. The van der Waals surface area contributed by atoms with Gasteiger partial charge in [0.1, 0.15) is 0 Å². The van der Waals surface area contributed by atoms with Crippen LogP contribution in [0.4, 0.5) is 5.69 Å². The number of anilines is 1. The number of rotatable bonds is 2. The second-order valence-electron chi connectivity index (χ2n) is 4.56. The summed E-state index contributed by atoms with van der Waals surface area (Å²) < 4.78 is 0. The van der Waals surface area contributed by atoms with E-state index in [-0.39, 0.29) is 18.2 Å². The summed E-state index contributed by atoms with van der Waals surface area (Å²) in [6, 6.07) is 7.72. The predicted molar refractivity (Wildman–Crippen MR) is 68.0 cm³/mol. The minimum absolute atomic E-state index is 0.0512. The number of hydrogen-bond acceptors (Lipinski definition) is 2. The van der Waals surface area contributed by atoms with Crippen LogP contribution in [0.25, 0.3) is 10.9 Å². The van der Waals surface area contributed by atoms with Gasteiger partial charge in [-0.1, -0.05) is 6.07 Å². The SMILES string of the molecule is NC(=O)C1CC(=O)N(c2ccc3cc[nH]c3c2)C1. The van der Waals surface area contributed by atoms with Gasteiger partial charge in [-0.3, -0.25) is 9.59 Å². The Bertz CT molecular complexity index is 632. The van der Waals surface area contributed by atoms with E-state index in [0.29, 0.717) is 6.54 Å². The highest BCUT2D eigenvalue weighted by molar-refractivity contribution is 6.01. The zero-order valence-corrected chi connectivity index (χ0v) is 9.72. The van der Waals surface area contributed by atoms with Gasteiger partial charge in [0, 0.05) is 30.4 Å². The van der Waals surface area contributed by atoms with Crippen molar-refractivity contribution >= 4 is 28.4 Å². The number of H-pyrrole nitrogens is 1. The molecule has 1 aromatic heterocycles. The van der Waals surface area contributed by atoms with E-state index in [0.717, 1.165) is 16.6 Å². The summed E-state index contributed by atoms with van der Waals surface area (Å²) in [4.78, 5) is 27.7. The molecule has 1 atom stereocenters. The third kappa shape index (κ3) is 1.64. The second kappa shape index (κ2) is 3.87. The minimum Gasteiger partial charge on any atom is -0.369 e. The van der Waals surface area contributed by atoms with E-state index in [1.165, 1.54) is 0 Å². The maximum absolute atomic E-state index is 11.9. The molecule has 1 aromatic carbocycles. The first kappa shape index (κ1) is 10.8. The van der Waals surface area contributed by atoms with E-state index in [9.17, 15) is 9.59 Å². The quantitative estimate of drug-likeness (QED) is 0.825. The molecule has 2 amide bonds. The normalized spacial score (nSPS) is 19.7. The molecule has 1 unspecified atom stereocenters. The molecule has 0 bridgehead atoms. The Morgan fingerprint density at radius 1 is 1.39 bits per heavy atom. The third-order valence-electron chi connectivity index (χ3n) is 3.38. The van der Waals surface area contributed by atoms with E-state index in [1.807, 2.05) is 30.5 Å². The molecule has 0 radical (unpaired) electrons. The van der Waals surface area contributed by atoms with Crippen LogP contribution in [0.5, 0.6) is 0 Å². The zero-order valence-electron chi connectivity index (χ0n) is 9.72. The maximum atomic E-state index is 11.9. The fraction of sp³-hybridized carbons (Fsp3) is 0.231. The number of aromatic nitrogens is 1. The molecule has 3 N–H and O–H groups in total.